The first-order chi connectivity index (χ1) is 7.56. The van der Waals surface area contributed by atoms with Gasteiger partial charge < -0.3 is 9.90 Å². The van der Waals surface area contributed by atoms with Crippen molar-refractivity contribution in [1.82, 2.24) is 0 Å². The lowest BCUT2D eigenvalue weighted by Crippen LogP contribution is -2.03. The standard InChI is InChI=1S/C13H14O3/c1-9-7-11(5-3-4-6-14)8-10(2)12(9)13(15)16/h3,5-8H,4H2,1-2H3,(H,15,16). The van der Waals surface area contributed by atoms with E-state index in [1.807, 2.05) is 6.08 Å². The number of hydrogen-bond donors (Lipinski definition) is 1. The third-order valence-electron chi connectivity index (χ3n) is 2.31. The summed E-state index contributed by atoms with van der Waals surface area (Å²) in [4.78, 5) is 21.1. The van der Waals surface area contributed by atoms with Crippen molar-refractivity contribution in [2.75, 3.05) is 0 Å². The lowest BCUT2D eigenvalue weighted by atomic mass is 9.99. The highest BCUT2D eigenvalue weighted by molar-refractivity contribution is 5.91. The molecule has 0 aromatic heterocycles. The molecule has 0 radical (unpaired) electrons. The van der Waals surface area contributed by atoms with Gasteiger partial charge >= 0.3 is 5.97 Å². The van der Waals surface area contributed by atoms with E-state index in [2.05, 4.69) is 0 Å². The highest BCUT2D eigenvalue weighted by atomic mass is 16.4. The molecule has 0 saturated heterocycles. The van der Waals surface area contributed by atoms with Crippen LogP contribution in [0.3, 0.4) is 0 Å². The van der Waals surface area contributed by atoms with Gasteiger partial charge in [-0.1, -0.05) is 24.3 Å². The molecule has 1 aromatic carbocycles. The van der Waals surface area contributed by atoms with Crippen LogP contribution in [0.2, 0.25) is 0 Å². The first-order valence-electron chi connectivity index (χ1n) is 5.01. The van der Waals surface area contributed by atoms with Crippen molar-refractivity contribution in [3.8, 4) is 0 Å². The summed E-state index contributed by atoms with van der Waals surface area (Å²) in [5.74, 6) is -0.904. The molecule has 1 N–H and O–H groups in total. The molecule has 0 heterocycles. The van der Waals surface area contributed by atoms with E-state index in [-0.39, 0.29) is 0 Å². The molecule has 0 aliphatic carbocycles. The molecule has 84 valence electrons. The number of hydrogen-bond acceptors (Lipinski definition) is 2. The van der Waals surface area contributed by atoms with Gasteiger partial charge in [0.1, 0.15) is 6.29 Å². The molecule has 16 heavy (non-hydrogen) atoms. The molecule has 1 rings (SSSR count). The predicted molar refractivity (Wildman–Crippen MR) is 62.6 cm³/mol. The van der Waals surface area contributed by atoms with Crippen molar-refractivity contribution in [1.29, 1.82) is 0 Å². The lowest BCUT2D eigenvalue weighted by Gasteiger charge is -2.06. The average molecular weight is 218 g/mol. The number of aryl methyl sites for hydroxylation is 2. The summed E-state index contributed by atoms with van der Waals surface area (Å²) in [5, 5.41) is 8.99. The lowest BCUT2D eigenvalue weighted by molar-refractivity contribution is -0.107. The van der Waals surface area contributed by atoms with E-state index in [9.17, 15) is 9.59 Å². The first-order valence-corrected chi connectivity index (χ1v) is 5.01. The van der Waals surface area contributed by atoms with Crippen LogP contribution in [0.4, 0.5) is 0 Å². The number of aromatic carboxylic acids is 1. The van der Waals surface area contributed by atoms with Crippen LogP contribution in [0.25, 0.3) is 6.08 Å². The number of carboxylic acids is 1. The van der Waals surface area contributed by atoms with Gasteiger partial charge in [0.25, 0.3) is 0 Å². The van der Waals surface area contributed by atoms with Crippen LogP contribution in [0, 0.1) is 13.8 Å². The van der Waals surface area contributed by atoms with Gasteiger partial charge in [-0.15, -0.1) is 0 Å². The Hall–Kier alpha value is -1.90. The zero-order valence-electron chi connectivity index (χ0n) is 9.36. The van der Waals surface area contributed by atoms with Gasteiger partial charge in [-0.2, -0.15) is 0 Å². The summed E-state index contributed by atoms with van der Waals surface area (Å²) in [6.07, 6.45) is 4.77. The van der Waals surface area contributed by atoms with E-state index < -0.39 is 5.97 Å². The SMILES string of the molecule is Cc1cc(C=CCC=O)cc(C)c1C(=O)O. The molecule has 0 spiro atoms. The van der Waals surface area contributed by atoms with Gasteiger partial charge in [0.15, 0.2) is 0 Å². The maximum absolute atomic E-state index is 10.9. The maximum atomic E-state index is 10.9. The van der Waals surface area contributed by atoms with Gasteiger partial charge in [-0.05, 0) is 30.5 Å². The van der Waals surface area contributed by atoms with Gasteiger partial charge in [0.05, 0.1) is 5.56 Å². The summed E-state index contributed by atoms with van der Waals surface area (Å²) in [5.41, 5.74) is 2.74. The van der Waals surface area contributed by atoms with Crippen LogP contribution in [-0.2, 0) is 4.79 Å². The van der Waals surface area contributed by atoms with Crippen molar-refractivity contribution < 1.29 is 14.7 Å². The second-order valence-corrected chi connectivity index (χ2v) is 3.64. The van der Waals surface area contributed by atoms with Crippen LogP contribution in [0.1, 0.15) is 33.5 Å². The van der Waals surface area contributed by atoms with Crippen LogP contribution in [-0.4, -0.2) is 17.4 Å². The van der Waals surface area contributed by atoms with Crippen LogP contribution in [0.5, 0.6) is 0 Å². The Morgan fingerprint density at radius 2 is 1.88 bits per heavy atom. The van der Waals surface area contributed by atoms with Crippen LogP contribution in [0.15, 0.2) is 18.2 Å². The van der Waals surface area contributed by atoms with Crippen LogP contribution >= 0.6 is 0 Å². The fourth-order valence-electron chi connectivity index (χ4n) is 1.69. The number of allylic oxidation sites excluding steroid dienone is 1. The van der Waals surface area contributed by atoms with Gasteiger partial charge in [0, 0.05) is 6.42 Å². The number of aldehydes is 1. The number of carbonyl (C=O) groups excluding carboxylic acids is 1. The highest BCUT2D eigenvalue weighted by Gasteiger charge is 2.10. The summed E-state index contributed by atoms with van der Waals surface area (Å²) >= 11 is 0. The van der Waals surface area contributed by atoms with E-state index >= 15 is 0 Å². The van der Waals surface area contributed by atoms with Crippen LogP contribution < -0.4 is 0 Å². The Morgan fingerprint density at radius 1 is 1.31 bits per heavy atom. The summed E-state index contributed by atoms with van der Waals surface area (Å²) < 4.78 is 0. The Labute approximate surface area is 94.4 Å². The highest BCUT2D eigenvalue weighted by Crippen LogP contribution is 2.17. The minimum absolute atomic E-state index is 0.354. The number of carbonyl (C=O) groups is 2. The molecule has 3 heteroatoms. The quantitative estimate of drug-likeness (QED) is 0.790. The van der Waals surface area contributed by atoms with Crippen molar-refractivity contribution in [3.05, 3.63) is 40.5 Å². The minimum atomic E-state index is -0.904. The van der Waals surface area contributed by atoms with Crippen molar-refractivity contribution >= 4 is 18.3 Å². The monoisotopic (exact) mass is 218 g/mol. The van der Waals surface area contributed by atoms with E-state index in [4.69, 9.17) is 5.11 Å². The third kappa shape index (κ3) is 2.79. The zero-order valence-corrected chi connectivity index (χ0v) is 9.36. The van der Waals surface area contributed by atoms with E-state index in [1.165, 1.54) is 0 Å². The molecular formula is C13H14O3. The molecule has 0 bridgehead atoms. The number of rotatable bonds is 4. The summed E-state index contributed by atoms with van der Waals surface area (Å²) in [6, 6.07) is 3.61. The van der Waals surface area contributed by atoms with Crippen molar-refractivity contribution in [2.24, 2.45) is 0 Å². The fourth-order valence-corrected chi connectivity index (χ4v) is 1.69. The van der Waals surface area contributed by atoms with Gasteiger partial charge in [-0.25, -0.2) is 4.79 Å². The Kier molecular flexibility index (Phi) is 4.00. The largest absolute Gasteiger partial charge is 0.478 e. The second kappa shape index (κ2) is 5.26. The smallest absolute Gasteiger partial charge is 0.336 e. The summed E-state index contributed by atoms with van der Waals surface area (Å²) in [6.45, 7) is 3.54. The van der Waals surface area contributed by atoms with Gasteiger partial charge in [-0.3, -0.25) is 0 Å². The van der Waals surface area contributed by atoms with Crippen molar-refractivity contribution in [3.63, 3.8) is 0 Å². The molecular weight excluding hydrogens is 204 g/mol. The molecule has 1 aromatic rings. The number of carboxylic acid groups (broad SMARTS) is 1. The first kappa shape index (κ1) is 12.2. The Morgan fingerprint density at radius 3 is 2.31 bits per heavy atom. The van der Waals surface area contributed by atoms with E-state index in [0.717, 1.165) is 23.0 Å². The fraction of sp³-hybridized carbons (Fsp3) is 0.231. The average Bonchev–Trinajstić information content (AvgIpc) is 2.16. The second-order valence-electron chi connectivity index (χ2n) is 3.64. The molecule has 0 atom stereocenters. The molecule has 0 aliphatic heterocycles. The van der Waals surface area contributed by atoms with Gasteiger partial charge in [0.2, 0.25) is 0 Å². The molecule has 0 aliphatic rings. The summed E-state index contributed by atoms with van der Waals surface area (Å²) in [7, 11) is 0. The van der Waals surface area contributed by atoms with Crippen molar-refractivity contribution in [2.45, 2.75) is 20.3 Å². The predicted octanol–water partition coefficient (Wildman–Crippen LogP) is 2.60. The van der Waals surface area contributed by atoms with E-state index in [1.54, 1.807) is 32.1 Å². The molecule has 0 amide bonds. The molecule has 0 fully saturated rings. The minimum Gasteiger partial charge on any atom is -0.478 e. The molecule has 0 saturated carbocycles. The molecule has 0 unspecified atom stereocenters. The Balaban J connectivity index is 3.09. The topological polar surface area (TPSA) is 54.4 Å². The third-order valence-corrected chi connectivity index (χ3v) is 2.31. The normalized spacial score (nSPS) is 10.6. The maximum Gasteiger partial charge on any atom is 0.336 e. The zero-order chi connectivity index (χ0) is 12.1. The Bertz CT molecular complexity index is 421. The van der Waals surface area contributed by atoms with E-state index in [0.29, 0.717) is 12.0 Å². The molecule has 3 nitrogen and oxygen atoms in total. The number of benzene rings is 1.